The maximum absolute atomic E-state index is 14.1. The van der Waals surface area contributed by atoms with Crippen LogP contribution >= 0.6 is 11.8 Å². The van der Waals surface area contributed by atoms with E-state index in [1.54, 1.807) is 13.2 Å². The van der Waals surface area contributed by atoms with E-state index in [1.165, 1.54) is 27.1 Å². The first-order chi connectivity index (χ1) is 12.1. The number of halogens is 2. The monoisotopic (exact) mass is 359 g/mol. The summed E-state index contributed by atoms with van der Waals surface area (Å²) in [5, 5.41) is 11.8. The van der Waals surface area contributed by atoms with Crippen LogP contribution in [0.3, 0.4) is 0 Å². The number of nitrogens with zero attached hydrogens (tertiary/aromatic N) is 7. The number of hydrogen-bond donors (Lipinski definition) is 0. The SMILES string of the molecule is Cn1nnnc1-n1c(SCc2ccccn2)nc2c(F)cc(F)cc21. The number of fused-ring (bicyclic) bond motifs is 1. The molecule has 10 heteroatoms. The highest BCUT2D eigenvalue weighted by atomic mass is 32.2. The number of rotatable bonds is 4. The van der Waals surface area contributed by atoms with E-state index in [4.69, 9.17) is 0 Å². The Morgan fingerprint density at radius 3 is 2.80 bits per heavy atom. The van der Waals surface area contributed by atoms with Crippen LogP contribution in [0, 0.1) is 11.6 Å². The lowest BCUT2D eigenvalue weighted by Crippen LogP contribution is -2.06. The first kappa shape index (κ1) is 15.6. The summed E-state index contributed by atoms with van der Waals surface area (Å²) in [7, 11) is 1.64. The van der Waals surface area contributed by atoms with Crippen molar-refractivity contribution in [2.45, 2.75) is 10.9 Å². The van der Waals surface area contributed by atoms with E-state index < -0.39 is 11.6 Å². The third-order valence-electron chi connectivity index (χ3n) is 3.52. The molecule has 126 valence electrons. The highest BCUT2D eigenvalue weighted by molar-refractivity contribution is 7.98. The normalized spacial score (nSPS) is 11.3. The van der Waals surface area contributed by atoms with Gasteiger partial charge in [0.15, 0.2) is 11.0 Å². The van der Waals surface area contributed by atoms with E-state index >= 15 is 0 Å². The fourth-order valence-electron chi connectivity index (χ4n) is 2.41. The lowest BCUT2D eigenvalue weighted by molar-refractivity contribution is 0.590. The van der Waals surface area contributed by atoms with E-state index in [-0.39, 0.29) is 11.0 Å². The van der Waals surface area contributed by atoms with Gasteiger partial charge in [0.2, 0.25) is 0 Å². The van der Waals surface area contributed by atoms with E-state index in [9.17, 15) is 8.78 Å². The minimum atomic E-state index is -0.733. The second-order valence-electron chi connectivity index (χ2n) is 5.20. The summed E-state index contributed by atoms with van der Waals surface area (Å²) < 4.78 is 30.8. The van der Waals surface area contributed by atoms with Crippen LogP contribution in [0.5, 0.6) is 0 Å². The summed E-state index contributed by atoms with van der Waals surface area (Å²) in [6.45, 7) is 0. The maximum atomic E-state index is 14.1. The quantitative estimate of drug-likeness (QED) is 0.521. The Kier molecular flexibility index (Phi) is 3.88. The van der Waals surface area contributed by atoms with Gasteiger partial charge in [0.1, 0.15) is 11.3 Å². The molecule has 4 aromatic rings. The average Bonchev–Trinajstić information content (AvgIpc) is 3.17. The second-order valence-corrected chi connectivity index (χ2v) is 6.14. The van der Waals surface area contributed by atoms with E-state index in [2.05, 4.69) is 25.5 Å². The molecule has 3 aromatic heterocycles. The van der Waals surface area contributed by atoms with Crippen molar-refractivity contribution in [3.05, 3.63) is 53.9 Å². The smallest absolute Gasteiger partial charge is 0.256 e. The standard InChI is InChI=1S/C15H11F2N7S/c1-23-14(20-21-22-23)24-12-7-9(16)6-11(17)13(12)19-15(24)25-8-10-4-2-3-5-18-10/h2-7H,8H2,1H3. The maximum Gasteiger partial charge on any atom is 0.256 e. The zero-order valence-electron chi connectivity index (χ0n) is 13.0. The minimum absolute atomic E-state index is 0.0629. The molecule has 0 spiro atoms. The van der Waals surface area contributed by atoms with Crippen molar-refractivity contribution in [1.82, 2.24) is 34.7 Å². The van der Waals surface area contributed by atoms with Gasteiger partial charge in [-0.2, -0.15) is 0 Å². The Labute approximate surface area is 144 Å². The number of pyridine rings is 1. The van der Waals surface area contributed by atoms with Gasteiger partial charge in [-0.3, -0.25) is 9.55 Å². The number of benzene rings is 1. The van der Waals surface area contributed by atoms with Crippen LogP contribution in [0.2, 0.25) is 0 Å². The number of tetrazole rings is 1. The third kappa shape index (κ3) is 2.84. The van der Waals surface area contributed by atoms with Crippen LogP contribution in [0.15, 0.2) is 41.7 Å². The zero-order chi connectivity index (χ0) is 17.4. The van der Waals surface area contributed by atoms with Gasteiger partial charge in [0.05, 0.1) is 11.2 Å². The summed E-state index contributed by atoms with van der Waals surface area (Å²) >= 11 is 1.34. The zero-order valence-corrected chi connectivity index (χ0v) is 13.8. The third-order valence-corrected chi connectivity index (χ3v) is 4.49. The molecule has 3 heterocycles. The fraction of sp³-hybridized carbons (Fsp3) is 0.133. The molecule has 25 heavy (non-hydrogen) atoms. The van der Waals surface area contributed by atoms with Gasteiger partial charge >= 0.3 is 0 Å². The first-order valence-electron chi connectivity index (χ1n) is 7.26. The van der Waals surface area contributed by atoms with Gasteiger partial charge in [-0.25, -0.2) is 18.4 Å². The van der Waals surface area contributed by atoms with Crippen LogP contribution in [0.25, 0.3) is 17.0 Å². The topological polar surface area (TPSA) is 74.3 Å². The van der Waals surface area contributed by atoms with E-state index in [0.717, 1.165) is 11.8 Å². The van der Waals surface area contributed by atoms with Crippen molar-refractivity contribution < 1.29 is 8.78 Å². The van der Waals surface area contributed by atoms with Gasteiger partial charge in [-0.1, -0.05) is 22.9 Å². The summed E-state index contributed by atoms with van der Waals surface area (Å²) in [4.78, 5) is 8.56. The molecule has 0 fully saturated rings. The van der Waals surface area contributed by atoms with E-state index in [0.29, 0.717) is 16.9 Å². The van der Waals surface area contributed by atoms with Gasteiger partial charge < -0.3 is 0 Å². The predicted molar refractivity (Wildman–Crippen MR) is 87.1 cm³/mol. The predicted octanol–water partition coefficient (Wildman–Crippen LogP) is 2.51. The molecular weight excluding hydrogens is 348 g/mol. The molecule has 0 atom stereocenters. The highest BCUT2D eigenvalue weighted by Crippen LogP contribution is 2.30. The molecule has 7 nitrogen and oxygen atoms in total. The molecule has 0 saturated carbocycles. The van der Waals surface area contributed by atoms with Gasteiger partial charge in [0, 0.05) is 31.1 Å². The number of thioether (sulfide) groups is 1. The Balaban J connectivity index is 1.85. The lowest BCUT2D eigenvalue weighted by Gasteiger charge is -2.06. The molecule has 0 unspecified atom stereocenters. The van der Waals surface area contributed by atoms with Crippen molar-refractivity contribution in [1.29, 1.82) is 0 Å². The van der Waals surface area contributed by atoms with Gasteiger partial charge in [-0.05, 0) is 22.6 Å². The molecule has 4 rings (SSSR count). The fourth-order valence-corrected chi connectivity index (χ4v) is 3.32. The largest absolute Gasteiger partial charge is 0.260 e. The summed E-state index contributed by atoms with van der Waals surface area (Å²) in [6.07, 6.45) is 1.69. The number of hydrogen-bond acceptors (Lipinski definition) is 6. The van der Waals surface area contributed by atoms with Crippen molar-refractivity contribution >= 4 is 22.8 Å². The molecule has 0 N–H and O–H groups in total. The van der Waals surface area contributed by atoms with Crippen LogP contribution in [-0.2, 0) is 12.8 Å². The van der Waals surface area contributed by atoms with Crippen LogP contribution in [0.1, 0.15) is 5.69 Å². The lowest BCUT2D eigenvalue weighted by atomic mass is 10.3. The first-order valence-corrected chi connectivity index (χ1v) is 8.25. The van der Waals surface area contributed by atoms with Crippen molar-refractivity contribution in [2.75, 3.05) is 0 Å². The molecule has 0 aliphatic carbocycles. The number of imidazole rings is 1. The second kappa shape index (κ2) is 6.20. The van der Waals surface area contributed by atoms with Crippen molar-refractivity contribution in [3.63, 3.8) is 0 Å². The van der Waals surface area contributed by atoms with Crippen molar-refractivity contribution in [3.8, 4) is 5.95 Å². The minimum Gasteiger partial charge on any atom is -0.260 e. The Bertz CT molecular complexity index is 1040. The van der Waals surface area contributed by atoms with Crippen LogP contribution in [-0.4, -0.2) is 34.7 Å². The number of aryl methyl sites for hydroxylation is 1. The van der Waals surface area contributed by atoms with Gasteiger partial charge in [-0.15, -0.1) is 0 Å². The van der Waals surface area contributed by atoms with Crippen LogP contribution < -0.4 is 0 Å². The molecular formula is C15H11F2N7S. The summed E-state index contributed by atoms with van der Waals surface area (Å²) in [6, 6.07) is 7.61. The summed E-state index contributed by atoms with van der Waals surface area (Å²) in [5.74, 6) is -0.596. The highest BCUT2D eigenvalue weighted by Gasteiger charge is 2.20. The summed E-state index contributed by atoms with van der Waals surface area (Å²) in [5.41, 5.74) is 1.17. The van der Waals surface area contributed by atoms with Gasteiger partial charge in [0.25, 0.3) is 5.95 Å². The molecule has 0 aliphatic rings. The average molecular weight is 359 g/mol. The Morgan fingerprint density at radius 1 is 1.20 bits per heavy atom. The molecule has 0 radical (unpaired) electrons. The van der Waals surface area contributed by atoms with E-state index in [1.807, 2.05) is 18.2 Å². The Hall–Kier alpha value is -2.88. The van der Waals surface area contributed by atoms with Crippen molar-refractivity contribution in [2.24, 2.45) is 7.05 Å². The molecule has 0 amide bonds. The van der Waals surface area contributed by atoms with Crippen LogP contribution in [0.4, 0.5) is 8.78 Å². The molecule has 0 bridgehead atoms. The number of aromatic nitrogens is 7. The molecule has 1 aromatic carbocycles. The molecule has 0 saturated heterocycles. The molecule has 0 aliphatic heterocycles. The Morgan fingerprint density at radius 2 is 2.08 bits per heavy atom.